The van der Waals surface area contributed by atoms with Gasteiger partial charge < -0.3 is 5.11 Å². The summed E-state index contributed by atoms with van der Waals surface area (Å²) in [4.78, 5) is 0. The van der Waals surface area contributed by atoms with E-state index < -0.39 is 0 Å². The van der Waals surface area contributed by atoms with Gasteiger partial charge in [0.25, 0.3) is 0 Å². The normalized spacial score (nSPS) is 11.8. The second-order valence-electron chi connectivity index (χ2n) is 4.62. The molecule has 0 spiro atoms. The Kier molecular flexibility index (Phi) is 2.77. The van der Waals surface area contributed by atoms with E-state index in [1.807, 2.05) is 6.07 Å². The number of aliphatic hydroxyl groups excluding tert-OH is 1. The Morgan fingerprint density at radius 1 is 1.15 bits per heavy atom. The second kappa shape index (κ2) is 3.51. The van der Waals surface area contributed by atoms with E-state index in [1.165, 1.54) is 11.1 Å². The van der Waals surface area contributed by atoms with Gasteiger partial charge in [0.05, 0.1) is 6.61 Å². The molecule has 0 unspecified atom stereocenters. The number of hydrogen-bond donors (Lipinski definition) is 1. The SMILES string of the molecule is Cc1cc(CO)cc(C(C)(C)C)c1. The zero-order chi connectivity index (χ0) is 10.1. The fourth-order valence-corrected chi connectivity index (χ4v) is 1.39. The Morgan fingerprint density at radius 3 is 2.23 bits per heavy atom. The van der Waals surface area contributed by atoms with Crippen LogP contribution in [-0.2, 0) is 12.0 Å². The average Bonchev–Trinajstić information content (AvgIpc) is 2.01. The van der Waals surface area contributed by atoms with E-state index in [0.717, 1.165) is 5.56 Å². The highest BCUT2D eigenvalue weighted by Gasteiger charge is 2.14. The van der Waals surface area contributed by atoms with Crippen LogP contribution in [0.4, 0.5) is 0 Å². The van der Waals surface area contributed by atoms with Crippen LogP contribution in [0.2, 0.25) is 0 Å². The van der Waals surface area contributed by atoms with Crippen molar-refractivity contribution in [2.75, 3.05) is 0 Å². The van der Waals surface area contributed by atoms with E-state index in [4.69, 9.17) is 5.11 Å². The first-order chi connectivity index (χ1) is 5.93. The van der Waals surface area contributed by atoms with Crippen LogP contribution >= 0.6 is 0 Å². The second-order valence-corrected chi connectivity index (χ2v) is 4.62. The van der Waals surface area contributed by atoms with E-state index in [9.17, 15) is 0 Å². The van der Waals surface area contributed by atoms with Crippen molar-refractivity contribution in [2.24, 2.45) is 0 Å². The van der Waals surface area contributed by atoms with Crippen LogP contribution in [0, 0.1) is 6.92 Å². The van der Waals surface area contributed by atoms with Crippen molar-refractivity contribution >= 4 is 0 Å². The van der Waals surface area contributed by atoms with Crippen molar-refractivity contribution in [3.8, 4) is 0 Å². The zero-order valence-electron chi connectivity index (χ0n) is 8.89. The van der Waals surface area contributed by atoms with Gasteiger partial charge >= 0.3 is 0 Å². The summed E-state index contributed by atoms with van der Waals surface area (Å²) >= 11 is 0. The number of benzene rings is 1. The molecule has 0 aliphatic heterocycles. The Bertz CT molecular complexity index is 294. The third-order valence-corrected chi connectivity index (χ3v) is 2.19. The Morgan fingerprint density at radius 2 is 1.77 bits per heavy atom. The average molecular weight is 178 g/mol. The lowest BCUT2D eigenvalue weighted by molar-refractivity contribution is 0.281. The summed E-state index contributed by atoms with van der Waals surface area (Å²) < 4.78 is 0. The van der Waals surface area contributed by atoms with Gasteiger partial charge in [0.2, 0.25) is 0 Å². The molecule has 0 bridgehead atoms. The Hall–Kier alpha value is -0.820. The summed E-state index contributed by atoms with van der Waals surface area (Å²) in [5, 5.41) is 9.05. The highest BCUT2D eigenvalue weighted by atomic mass is 16.3. The van der Waals surface area contributed by atoms with Gasteiger partial charge in [-0.3, -0.25) is 0 Å². The van der Waals surface area contributed by atoms with Crippen molar-refractivity contribution in [1.29, 1.82) is 0 Å². The molecule has 72 valence electrons. The van der Waals surface area contributed by atoms with Crippen LogP contribution in [0.25, 0.3) is 0 Å². The first kappa shape index (κ1) is 10.3. The molecule has 0 atom stereocenters. The van der Waals surface area contributed by atoms with Gasteiger partial charge in [0, 0.05) is 0 Å². The topological polar surface area (TPSA) is 20.2 Å². The Labute approximate surface area is 80.4 Å². The van der Waals surface area contributed by atoms with Crippen molar-refractivity contribution in [1.82, 2.24) is 0 Å². The summed E-state index contributed by atoms with van der Waals surface area (Å²) in [6.45, 7) is 8.74. The van der Waals surface area contributed by atoms with E-state index in [-0.39, 0.29) is 12.0 Å². The van der Waals surface area contributed by atoms with Crippen LogP contribution in [0.5, 0.6) is 0 Å². The minimum atomic E-state index is 0.130. The fourth-order valence-electron chi connectivity index (χ4n) is 1.39. The lowest BCUT2D eigenvalue weighted by atomic mass is 9.85. The predicted molar refractivity (Wildman–Crippen MR) is 55.8 cm³/mol. The van der Waals surface area contributed by atoms with Crippen LogP contribution < -0.4 is 0 Å². The first-order valence-corrected chi connectivity index (χ1v) is 4.65. The number of aliphatic hydroxyl groups is 1. The highest BCUT2D eigenvalue weighted by molar-refractivity contribution is 5.33. The van der Waals surface area contributed by atoms with Crippen molar-refractivity contribution in [2.45, 2.75) is 39.7 Å². The zero-order valence-corrected chi connectivity index (χ0v) is 8.89. The van der Waals surface area contributed by atoms with Crippen molar-refractivity contribution < 1.29 is 5.11 Å². The van der Waals surface area contributed by atoms with Crippen molar-refractivity contribution in [3.63, 3.8) is 0 Å². The fraction of sp³-hybridized carbons (Fsp3) is 0.500. The minimum absolute atomic E-state index is 0.130. The van der Waals surface area contributed by atoms with Gasteiger partial charge in [0.15, 0.2) is 0 Å². The molecule has 0 fully saturated rings. The largest absolute Gasteiger partial charge is 0.392 e. The molecule has 0 aliphatic rings. The number of rotatable bonds is 1. The quantitative estimate of drug-likeness (QED) is 0.701. The van der Waals surface area contributed by atoms with Crippen LogP contribution in [-0.4, -0.2) is 5.11 Å². The molecular formula is C12H18O. The van der Waals surface area contributed by atoms with Gasteiger partial charge in [-0.1, -0.05) is 44.5 Å². The van der Waals surface area contributed by atoms with Gasteiger partial charge in [-0.05, 0) is 23.5 Å². The number of aryl methyl sites for hydroxylation is 1. The molecule has 1 aromatic carbocycles. The molecule has 1 nitrogen and oxygen atoms in total. The third-order valence-electron chi connectivity index (χ3n) is 2.19. The predicted octanol–water partition coefficient (Wildman–Crippen LogP) is 2.78. The molecule has 0 saturated heterocycles. The lowest BCUT2D eigenvalue weighted by Gasteiger charge is -2.20. The molecule has 1 heteroatoms. The molecular weight excluding hydrogens is 160 g/mol. The van der Waals surface area contributed by atoms with E-state index in [1.54, 1.807) is 0 Å². The highest BCUT2D eigenvalue weighted by Crippen LogP contribution is 2.24. The molecule has 1 aromatic rings. The standard InChI is InChI=1S/C12H18O/c1-9-5-10(8-13)7-11(6-9)12(2,3)4/h5-7,13H,8H2,1-4H3. The van der Waals surface area contributed by atoms with Crippen LogP contribution in [0.15, 0.2) is 18.2 Å². The van der Waals surface area contributed by atoms with Crippen LogP contribution in [0.3, 0.4) is 0 Å². The van der Waals surface area contributed by atoms with Crippen LogP contribution in [0.1, 0.15) is 37.5 Å². The molecule has 1 rings (SSSR count). The summed E-state index contributed by atoms with van der Waals surface area (Å²) in [6, 6.07) is 6.28. The minimum Gasteiger partial charge on any atom is -0.392 e. The van der Waals surface area contributed by atoms with E-state index in [2.05, 4.69) is 39.8 Å². The lowest BCUT2D eigenvalue weighted by Crippen LogP contribution is -2.11. The molecule has 0 aliphatic carbocycles. The third kappa shape index (κ3) is 2.56. The monoisotopic (exact) mass is 178 g/mol. The molecule has 0 saturated carbocycles. The van der Waals surface area contributed by atoms with E-state index >= 15 is 0 Å². The van der Waals surface area contributed by atoms with Gasteiger partial charge in [-0.25, -0.2) is 0 Å². The molecule has 0 heterocycles. The number of hydrogen-bond acceptors (Lipinski definition) is 1. The maximum absolute atomic E-state index is 9.05. The molecule has 13 heavy (non-hydrogen) atoms. The van der Waals surface area contributed by atoms with Gasteiger partial charge in [-0.2, -0.15) is 0 Å². The summed E-state index contributed by atoms with van der Waals surface area (Å²) in [5.41, 5.74) is 3.67. The maximum atomic E-state index is 9.05. The van der Waals surface area contributed by atoms with Crippen molar-refractivity contribution in [3.05, 3.63) is 34.9 Å². The van der Waals surface area contributed by atoms with Gasteiger partial charge in [-0.15, -0.1) is 0 Å². The molecule has 0 aromatic heterocycles. The molecule has 1 N–H and O–H groups in total. The smallest absolute Gasteiger partial charge is 0.0682 e. The molecule has 0 radical (unpaired) electrons. The summed E-state index contributed by atoms with van der Waals surface area (Å²) in [5.74, 6) is 0. The summed E-state index contributed by atoms with van der Waals surface area (Å²) in [6.07, 6.45) is 0. The first-order valence-electron chi connectivity index (χ1n) is 4.65. The summed E-state index contributed by atoms with van der Waals surface area (Å²) in [7, 11) is 0. The van der Waals surface area contributed by atoms with Gasteiger partial charge in [0.1, 0.15) is 0 Å². The Balaban J connectivity index is 3.16. The maximum Gasteiger partial charge on any atom is 0.0682 e. The molecule has 0 amide bonds. The van der Waals surface area contributed by atoms with E-state index in [0.29, 0.717) is 0 Å².